The first-order chi connectivity index (χ1) is 13.4. The molecule has 1 aromatic rings. The molecule has 3 N–H and O–H groups in total. The molecular formula is C21H39N3O3S. The number of hydrogen-bond donors (Lipinski definition) is 3. The number of thiophene rings is 1. The predicted molar refractivity (Wildman–Crippen MR) is 116 cm³/mol. The summed E-state index contributed by atoms with van der Waals surface area (Å²) in [4.78, 5) is 7.78. The van der Waals surface area contributed by atoms with Gasteiger partial charge in [0.1, 0.15) is 0 Å². The van der Waals surface area contributed by atoms with E-state index in [1.165, 1.54) is 6.42 Å². The summed E-state index contributed by atoms with van der Waals surface area (Å²) >= 11 is 1.66. The third-order valence-corrected chi connectivity index (χ3v) is 6.78. The highest BCUT2D eigenvalue weighted by Crippen LogP contribution is 2.32. The zero-order chi connectivity index (χ0) is 20.5. The van der Waals surface area contributed by atoms with Crippen LogP contribution in [0.2, 0.25) is 0 Å². The molecule has 0 bridgehead atoms. The second kappa shape index (κ2) is 12.2. The van der Waals surface area contributed by atoms with E-state index >= 15 is 0 Å². The molecule has 2 atom stereocenters. The van der Waals surface area contributed by atoms with Crippen LogP contribution in [0.15, 0.2) is 17.5 Å². The second-order valence-electron chi connectivity index (χ2n) is 8.58. The molecule has 0 aliphatic carbocycles. The van der Waals surface area contributed by atoms with E-state index in [4.69, 9.17) is 10.2 Å². The van der Waals surface area contributed by atoms with Gasteiger partial charge in [-0.15, -0.1) is 11.3 Å². The second-order valence-corrected chi connectivity index (χ2v) is 9.55. The molecule has 0 saturated carbocycles. The normalized spacial score (nSPS) is 26.0. The fraction of sp³-hybridized carbons (Fsp3) is 0.810. The minimum absolute atomic E-state index is 0.0324. The lowest BCUT2D eigenvalue weighted by molar-refractivity contribution is 0.0196. The number of rotatable bonds is 3. The molecule has 6 nitrogen and oxygen atoms in total. The van der Waals surface area contributed by atoms with E-state index in [0.29, 0.717) is 18.4 Å². The molecule has 0 spiro atoms. The van der Waals surface area contributed by atoms with Crippen molar-refractivity contribution < 1.29 is 15.3 Å². The Morgan fingerprint density at radius 2 is 1.64 bits per heavy atom. The number of piperidine rings is 1. The van der Waals surface area contributed by atoms with Gasteiger partial charge in [-0.25, -0.2) is 0 Å². The monoisotopic (exact) mass is 413 g/mol. The topological polar surface area (TPSA) is 70.4 Å². The van der Waals surface area contributed by atoms with Gasteiger partial charge in [-0.05, 0) is 83.3 Å². The summed E-state index contributed by atoms with van der Waals surface area (Å²) in [6.07, 6.45) is 3.15. The highest BCUT2D eigenvalue weighted by Gasteiger charge is 2.25. The summed E-state index contributed by atoms with van der Waals surface area (Å²) in [6, 6.07) is 4.05. The zero-order valence-corrected chi connectivity index (χ0v) is 18.5. The molecule has 3 aliphatic heterocycles. The number of likely N-dealkylation sites (N-methyl/N-ethyl adjacent to an activating group) is 1. The van der Waals surface area contributed by atoms with Gasteiger partial charge in [0.05, 0.1) is 12.2 Å². The maximum absolute atomic E-state index is 10.1. The summed E-state index contributed by atoms with van der Waals surface area (Å²) in [7, 11) is 6.23. The minimum Gasteiger partial charge on any atom is -0.396 e. The minimum atomic E-state index is -0.233. The van der Waals surface area contributed by atoms with Crippen LogP contribution in [0.4, 0.5) is 0 Å². The third kappa shape index (κ3) is 8.06. The Hall–Kier alpha value is -0.540. The van der Waals surface area contributed by atoms with Crippen molar-refractivity contribution in [1.82, 2.24) is 14.7 Å². The van der Waals surface area contributed by atoms with Gasteiger partial charge in [0.15, 0.2) is 0 Å². The average Bonchev–Trinajstić information content (AvgIpc) is 3.33. The van der Waals surface area contributed by atoms with Crippen LogP contribution in [0.1, 0.15) is 30.2 Å². The third-order valence-electron chi connectivity index (χ3n) is 5.84. The molecule has 4 rings (SSSR count). The lowest BCUT2D eigenvalue weighted by Crippen LogP contribution is -2.47. The fourth-order valence-corrected chi connectivity index (χ4v) is 4.68. The Labute approximate surface area is 174 Å². The van der Waals surface area contributed by atoms with E-state index in [-0.39, 0.29) is 12.2 Å². The predicted octanol–water partition coefficient (Wildman–Crippen LogP) is 1.35. The van der Waals surface area contributed by atoms with E-state index < -0.39 is 0 Å². The summed E-state index contributed by atoms with van der Waals surface area (Å²) in [5.41, 5.74) is 0. The quantitative estimate of drug-likeness (QED) is 0.695. The van der Waals surface area contributed by atoms with Crippen LogP contribution in [0.3, 0.4) is 0 Å². The van der Waals surface area contributed by atoms with Crippen molar-refractivity contribution in [2.75, 3.05) is 67.0 Å². The van der Waals surface area contributed by atoms with Gasteiger partial charge in [0.2, 0.25) is 0 Å². The van der Waals surface area contributed by atoms with Gasteiger partial charge < -0.3 is 30.0 Å². The molecule has 2 unspecified atom stereocenters. The Morgan fingerprint density at radius 1 is 1.00 bits per heavy atom. The van der Waals surface area contributed by atoms with Crippen LogP contribution in [-0.2, 0) is 0 Å². The Bertz CT molecular complexity index is 511. The van der Waals surface area contributed by atoms with Crippen molar-refractivity contribution in [2.45, 2.75) is 31.5 Å². The molecule has 1 aromatic heterocycles. The first kappa shape index (κ1) is 23.7. The van der Waals surface area contributed by atoms with Crippen LogP contribution < -0.4 is 0 Å². The van der Waals surface area contributed by atoms with Crippen molar-refractivity contribution >= 4 is 11.3 Å². The summed E-state index contributed by atoms with van der Waals surface area (Å²) in [6.45, 7) is 6.56. The Kier molecular flexibility index (Phi) is 10.4. The van der Waals surface area contributed by atoms with Crippen LogP contribution in [0.25, 0.3) is 0 Å². The van der Waals surface area contributed by atoms with Crippen LogP contribution in [0.5, 0.6) is 0 Å². The molecular weight excluding hydrogens is 374 g/mol. The average molecular weight is 414 g/mol. The number of aliphatic hydroxyl groups excluding tert-OH is 3. The molecule has 0 amide bonds. The van der Waals surface area contributed by atoms with Gasteiger partial charge in [-0.3, -0.25) is 0 Å². The Balaban J connectivity index is 0.000000169. The van der Waals surface area contributed by atoms with Crippen LogP contribution in [-0.4, -0.2) is 103 Å². The molecule has 28 heavy (non-hydrogen) atoms. The standard InChI is InChI=1S/C11H17NOS.C6H13NO.C4H9NO/c1-12-6-4-9(5-7-12)11(13)10-3-2-8-14-10;1-7-3-2-6(4-7)5-8;1-5-2-4(6)3-5/h2-3,8-9,11,13H,4-7H2,1H3;6,8H,2-5H2,1H3;4,6H,2-3H2,1H3. The molecule has 3 fully saturated rings. The van der Waals surface area contributed by atoms with E-state index in [9.17, 15) is 5.11 Å². The van der Waals surface area contributed by atoms with Gasteiger partial charge in [0, 0.05) is 31.1 Å². The largest absolute Gasteiger partial charge is 0.396 e. The van der Waals surface area contributed by atoms with E-state index in [2.05, 4.69) is 28.8 Å². The SMILES string of the molecule is CN1CC(O)C1.CN1CCC(C(O)c2cccs2)CC1.CN1CCC(CO)C1. The van der Waals surface area contributed by atoms with E-state index in [0.717, 1.165) is 57.0 Å². The highest BCUT2D eigenvalue weighted by molar-refractivity contribution is 7.10. The van der Waals surface area contributed by atoms with Crippen molar-refractivity contribution in [1.29, 1.82) is 0 Å². The zero-order valence-electron chi connectivity index (χ0n) is 17.7. The summed E-state index contributed by atoms with van der Waals surface area (Å²) in [5, 5.41) is 29.4. The molecule has 7 heteroatoms. The maximum atomic E-state index is 10.1. The van der Waals surface area contributed by atoms with E-state index in [1.54, 1.807) is 11.3 Å². The van der Waals surface area contributed by atoms with E-state index in [1.807, 2.05) is 24.6 Å². The van der Waals surface area contributed by atoms with Gasteiger partial charge in [-0.1, -0.05) is 6.07 Å². The van der Waals surface area contributed by atoms with Gasteiger partial charge in [0.25, 0.3) is 0 Å². The van der Waals surface area contributed by atoms with Crippen molar-refractivity contribution in [3.63, 3.8) is 0 Å². The van der Waals surface area contributed by atoms with Crippen molar-refractivity contribution in [3.8, 4) is 0 Å². The van der Waals surface area contributed by atoms with Crippen molar-refractivity contribution in [3.05, 3.63) is 22.4 Å². The first-order valence-corrected chi connectivity index (χ1v) is 11.3. The van der Waals surface area contributed by atoms with Crippen LogP contribution in [0, 0.1) is 11.8 Å². The number of β-amino-alcohol motifs (C(OH)–C–C–N with tert-alkyl or cyclic N) is 1. The summed E-state index contributed by atoms with van der Waals surface area (Å²) in [5.74, 6) is 1.02. The number of nitrogens with zero attached hydrogens (tertiary/aromatic N) is 3. The molecule has 3 saturated heterocycles. The summed E-state index contributed by atoms with van der Waals surface area (Å²) < 4.78 is 0. The molecule has 162 valence electrons. The van der Waals surface area contributed by atoms with Gasteiger partial charge in [-0.2, -0.15) is 0 Å². The lowest BCUT2D eigenvalue weighted by Gasteiger charge is -2.31. The molecule has 0 radical (unpaired) electrons. The smallest absolute Gasteiger partial charge is 0.0910 e. The molecule has 3 aliphatic rings. The molecule has 4 heterocycles. The number of aliphatic hydroxyl groups is 3. The lowest BCUT2D eigenvalue weighted by atomic mass is 9.91. The highest BCUT2D eigenvalue weighted by atomic mass is 32.1. The number of likely N-dealkylation sites (tertiary alicyclic amines) is 3. The maximum Gasteiger partial charge on any atom is 0.0910 e. The molecule has 0 aromatic carbocycles. The number of hydrogen-bond acceptors (Lipinski definition) is 7. The van der Waals surface area contributed by atoms with Gasteiger partial charge >= 0.3 is 0 Å². The van der Waals surface area contributed by atoms with Crippen molar-refractivity contribution in [2.24, 2.45) is 11.8 Å². The Morgan fingerprint density at radius 3 is 2.00 bits per heavy atom. The first-order valence-electron chi connectivity index (χ1n) is 10.4. The van der Waals surface area contributed by atoms with Crippen LogP contribution >= 0.6 is 11.3 Å². The fourth-order valence-electron chi connectivity index (χ4n) is 3.88.